The van der Waals surface area contributed by atoms with Gasteiger partial charge >= 0.3 is 0 Å². The molecule has 1 unspecified atom stereocenters. The molecule has 2 aliphatic rings. The van der Waals surface area contributed by atoms with Gasteiger partial charge in [-0.15, -0.1) is 0 Å². The maximum Gasteiger partial charge on any atom is 0.255 e. The average Bonchev–Trinajstić information content (AvgIpc) is 3.17. The van der Waals surface area contributed by atoms with Gasteiger partial charge in [0, 0.05) is 25.8 Å². The summed E-state index contributed by atoms with van der Waals surface area (Å²) in [4.78, 5) is 6.06. The lowest BCUT2D eigenvalue weighted by atomic mass is 10.0. The number of nitrogens with zero attached hydrogens (tertiary/aromatic N) is 2. The van der Waals surface area contributed by atoms with Gasteiger partial charge < -0.3 is 14.7 Å². The van der Waals surface area contributed by atoms with Crippen LogP contribution in [0.25, 0.3) is 0 Å². The summed E-state index contributed by atoms with van der Waals surface area (Å²) in [6, 6.07) is 7.93. The summed E-state index contributed by atoms with van der Waals surface area (Å²) in [5.41, 5.74) is 0.899. The number of likely N-dealkylation sites (tertiary alicyclic amines) is 1. The van der Waals surface area contributed by atoms with E-state index in [1.54, 1.807) is 18.2 Å². The van der Waals surface area contributed by atoms with E-state index in [0.717, 1.165) is 38.0 Å². The smallest absolute Gasteiger partial charge is 0.255 e. The third-order valence-electron chi connectivity index (χ3n) is 5.87. The van der Waals surface area contributed by atoms with Crippen LogP contribution in [0.1, 0.15) is 31.2 Å². The van der Waals surface area contributed by atoms with Crippen LogP contribution >= 0.6 is 0 Å². The molecule has 0 spiro atoms. The minimum Gasteiger partial charge on any atom is -0.505 e. The third kappa shape index (κ3) is 3.90. The standard InChI is InChI=1S/C21H24F2N2O2/c1-13(14-4-5-19(26)18(22)9-14)10-25-11-15-7-17(8-16(15)12-25)27-20-3-2-6-24-21(20)23/h2-6,9,13,15-17,26H,7-8,10-12H2,1H3/t13?,15-,16+,17+. The zero-order valence-electron chi connectivity index (χ0n) is 15.3. The van der Waals surface area contributed by atoms with Crippen molar-refractivity contribution < 1.29 is 18.6 Å². The van der Waals surface area contributed by atoms with Crippen LogP contribution in [0.3, 0.4) is 0 Å². The van der Waals surface area contributed by atoms with Gasteiger partial charge in [-0.25, -0.2) is 9.37 Å². The van der Waals surface area contributed by atoms with Gasteiger partial charge in [0.25, 0.3) is 5.95 Å². The van der Waals surface area contributed by atoms with E-state index in [2.05, 4.69) is 16.8 Å². The first-order valence-corrected chi connectivity index (χ1v) is 9.47. The Bertz CT molecular complexity index is 803. The molecule has 1 saturated carbocycles. The number of hydrogen-bond acceptors (Lipinski definition) is 4. The van der Waals surface area contributed by atoms with Crippen molar-refractivity contribution in [2.75, 3.05) is 19.6 Å². The third-order valence-corrected chi connectivity index (χ3v) is 5.87. The van der Waals surface area contributed by atoms with Crippen LogP contribution in [0.15, 0.2) is 36.5 Å². The zero-order valence-corrected chi connectivity index (χ0v) is 15.3. The van der Waals surface area contributed by atoms with Crippen LogP contribution in [0, 0.1) is 23.6 Å². The van der Waals surface area contributed by atoms with Crippen molar-refractivity contribution in [2.24, 2.45) is 11.8 Å². The molecule has 4 rings (SSSR count). The van der Waals surface area contributed by atoms with Crippen molar-refractivity contribution in [1.82, 2.24) is 9.88 Å². The van der Waals surface area contributed by atoms with Crippen molar-refractivity contribution in [2.45, 2.75) is 31.8 Å². The first-order chi connectivity index (χ1) is 13.0. The predicted molar refractivity (Wildman–Crippen MR) is 97.7 cm³/mol. The molecule has 1 aliphatic carbocycles. The Morgan fingerprint density at radius 3 is 2.63 bits per heavy atom. The highest BCUT2D eigenvalue weighted by molar-refractivity contribution is 5.30. The summed E-state index contributed by atoms with van der Waals surface area (Å²) in [6.07, 6.45) is 3.32. The van der Waals surface area contributed by atoms with Gasteiger partial charge in [-0.05, 0) is 60.4 Å². The Morgan fingerprint density at radius 2 is 1.96 bits per heavy atom. The molecule has 2 fully saturated rings. The molecule has 1 saturated heterocycles. The molecule has 6 heteroatoms. The van der Waals surface area contributed by atoms with Gasteiger partial charge in [-0.3, -0.25) is 0 Å². The van der Waals surface area contributed by atoms with E-state index < -0.39 is 11.8 Å². The second-order valence-electron chi connectivity index (χ2n) is 7.85. The summed E-state index contributed by atoms with van der Waals surface area (Å²) in [5.74, 6) is 0.110. The molecule has 1 aromatic heterocycles. The first kappa shape index (κ1) is 18.2. The van der Waals surface area contributed by atoms with Gasteiger partial charge in [0.05, 0.1) is 6.10 Å². The summed E-state index contributed by atoms with van der Waals surface area (Å²) in [7, 11) is 0. The van der Waals surface area contributed by atoms with Crippen molar-refractivity contribution in [3.05, 3.63) is 53.9 Å². The quantitative estimate of drug-likeness (QED) is 0.805. The molecular weight excluding hydrogens is 350 g/mol. The summed E-state index contributed by atoms with van der Waals surface area (Å²) in [5, 5.41) is 9.34. The second kappa shape index (κ2) is 7.43. The fourth-order valence-corrected chi connectivity index (χ4v) is 4.55. The van der Waals surface area contributed by atoms with Crippen molar-refractivity contribution in [3.8, 4) is 11.5 Å². The number of phenols is 1. The molecule has 1 N–H and O–H groups in total. The van der Waals surface area contributed by atoms with E-state index >= 15 is 0 Å². The molecule has 27 heavy (non-hydrogen) atoms. The SMILES string of the molecule is CC(CN1C[C@H]2C[C@H](Oc3cccnc3F)C[C@H]2C1)c1ccc(O)c(F)c1. The molecule has 2 heterocycles. The van der Waals surface area contributed by atoms with Gasteiger partial charge in [0.2, 0.25) is 0 Å². The minimum atomic E-state index is -0.569. The summed E-state index contributed by atoms with van der Waals surface area (Å²) in [6.45, 7) is 4.92. The summed E-state index contributed by atoms with van der Waals surface area (Å²) < 4.78 is 33.1. The lowest BCUT2D eigenvalue weighted by molar-refractivity contribution is 0.175. The molecule has 4 atom stereocenters. The highest BCUT2D eigenvalue weighted by atomic mass is 19.1. The Hall–Kier alpha value is -2.21. The highest BCUT2D eigenvalue weighted by Crippen LogP contribution is 2.40. The Morgan fingerprint density at radius 1 is 1.22 bits per heavy atom. The van der Waals surface area contributed by atoms with E-state index in [9.17, 15) is 13.9 Å². The van der Waals surface area contributed by atoms with Gasteiger partial charge in [0.1, 0.15) is 0 Å². The molecule has 0 amide bonds. The lowest BCUT2D eigenvalue weighted by Crippen LogP contribution is -2.28. The maximum atomic E-state index is 13.7. The number of ether oxygens (including phenoxy) is 1. The lowest BCUT2D eigenvalue weighted by Gasteiger charge is -2.23. The van der Waals surface area contributed by atoms with Crippen LogP contribution < -0.4 is 4.74 Å². The molecular formula is C21H24F2N2O2. The molecule has 0 radical (unpaired) electrons. The van der Waals surface area contributed by atoms with E-state index in [1.807, 2.05) is 0 Å². The number of fused-ring (bicyclic) bond motifs is 1. The van der Waals surface area contributed by atoms with E-state index in [1.165, 1.54) is 18.3 Å². The number of halogens is 2. The normalized spacial score (nSPS) is 26.1. The van der Waals surface area contributed by atoms with Gasteiger partial charge in [0.15, 0.2) is 17.3 Å². The van der Waals surface area contributed by atoms with Gasteiger partial charge in [-0.2, -0.15) is 4.39 Å². The molecule has 4 nitrogen and oxygen atoms in total. The van der Waals surface area contributed by atoms with E-state index in [-0.39, 0.29) is 23.5 Å². The molecule has 2 aromatic rings. The van der Waals surface area contributed by atoms with Crippen LogP contribution in [0.2, 0.25) is 0 Å². The Balaban J connectivity index is 1.30. The number of pyridine rings is 1. The second-order valence-corrected chi connectivity index (χ2v) is 7.85. The van der Waals surface area contributed by atoms with Crippen molar-refractivity contribution >= 4 is 0 Å². The van der Waals surface area contributed by atoms with Crippen LogP contribution in [-0.4, -0.2) is 40.7 Å². The average molecular weight is 374 g/mol. The fourth-order valence-electron chi connectivity index (χ4n) is 4.55. The number of aromatic hydroxyl groups is 1. The van der Waals surface area contributed by atoms with Gasteiger partial charge in [-0.1, -0.05) is 13.0 Å². The first-order valence-electron chi connectivity index (χ1n) is 9.47. The maximum absolute atomic E-state index is 13.7. The minimum absolute atomic E-state index is 0.0458. The zero-order chi connectivity index (χ0) is 19.0. The molecule has 144 valence electrons. The number of hydrogen-bond donors (Lipinski definition) is 1. The Labute approximate surface area is 157 Å². The van der Waals surface area contributed by atoms with Crippen LogP contribution in [0.4, 0.5) is 8.78 Å². The van der Waals surface area contributed by atoms with E-state index in [4.69, 9.17) is 4.74 Å². The fraction of sp³-hybridized carbons (Fsp3) is 0.476. The van der Waals surface area contributed by atoms with E-state index in [0.29, 0.717) is 11.8 Å². The van der Waals surface area contributed by atoms with Crippen LogP contribution in [-0.2, 0) is 0 Å². The number of phenolic OH excluding ortho intramolecular Hbond substituents is 1. The number of benzene rings is 1. The van der Waals surface area contributed by atoms with Crippen molar-refractivity contribution in [1.29, 1.82) is 0 Å². The molecule has 0 bridgehead atoms. The monoisotopic (exact) mass is 374 g/mol. The number of rotatable bonds is 5. The van der Waals surface area contributed by atoms with Crippen LogP contribution in [0.5, 0.6) is 11.5 Å². The predicted octanol–water partition coefficient (Wildman–Crippen LogP) is 3.96. The number of aromatic nitrogens is 1. The van der Waals surface area contributed by atoms with Crippen molar-refractivity contribution in [3.63, 3.8) is 0 Å². The highest BCUT2D eigenvalue weighted by Gasteiger charge is 2.42. The largest absolute Gasteiger partial charge is 0.505 e. The Kier molecular flexibility index (Phi) is 5.00. The topological polar surface area (TPSA) is 45.6 Å². The molecule has 1 aromatic carbocycles. The molecule has 1 aliphatic heterocycles. The summed E-state index contributed by atoms with van der Waals surface area (Å²) >= 11 is 0.